The van der Waals surface area contributed by atoms with Crippen LogP contribution in [0.15, 0.2) is 41.5 Å². The van der Waals surface area contributed by atoms with Gasteiger partial charge in [-0.1, -0.05) is 0 Å². The number of carbonyl (C=O) groups is 1. The molecule has 2 fully saturated rings. The van der Waals surface area contributed by atoms with Crippen LogP contribution in [0, 0.1) is 5.92 Å². The molecular formula is C20H24N4O3. The number of pyridine rings is 1. The minimum absolute atomic E-state index is 0.0101. The molecule has 3 heterocycles. The standard InChI is InChI=1S/C20H24N4O3/c25-19-6-5-18(14-7-10-21-11-8-14)23-24(19)17-3-1-16(2-4-17)22-20(26)15-9-12-27-13-15/h5-8,10-11,15-17H,1-4,9,12-13H2,(H,22,26). The van der Waals surface area contributed by atoms with Crippen LogP contribution in [0.25, 0.3) is 11.3 Å². The lowest BCUT2D eigenvalue weighted by Crippen LogP contribution is -2.42. The van der Waals surface area contributed by atoms with Gasteiger partial charge in [-0.15, -0.1) is 0 Å². The lowest BCUT2D eigenvalue weighted by Gasteiger charge is -2.30. The van der Waals surface area contributed by atoms with E-state index in [1.165, 1.54) is 0 Å². The average Bonchev–Trinajstić information content (AvgIpc) is 3.25. The Hall–Kier alpha value is -2.54. The zero-order chi connectivity index (χ0) is 18.6. The van der Waals surface area contributed by atoms with E-state index < -0.39 is 0 Å². The first-order valence-corrected chi connectivity index (χ1v) is 9.59. The van der Waals surface area contributed by atoms with Crippen molar-refractivity contribution in [2.24, 2.45) is 5.92 Å². The zero-order valence-corrected chi connectivity index (χ0v) is 15.2. The molecule has 2 aromatic rings. The minimum Gasteiger partial charge on any atom is -0.381 e. The summed E-state index contributed by atoms with van der Waals surface area (Å²) in [5.41, 5.74) is 1.63. The van der Waals surface area contributed by atoms with Crippen LogP contribution in [0.3, 0.4) is 0 Å². The third kappa shape index (κ3) is 4.08. The van der Waals surface area contributed by atoms with E-state index in [1.54, 1.807) is 29.2 Å². The van der Waals surface area contributed by atoms with Crippen molar-refractivity contribution in [3.63, 3.8) is 0 Å². The summed E-state index contributed by atoms with van der Waals surface area (Å²) in [7, 11) is 0. The molecule has 1 atom stereocenters. The molecule has 7 heteroatoms. The maximum Gasteiger partial charge on any atom is 0.267 e. The van der Waals surface area contributed by atoms with Crippen molar-refractivity contribution in [1.82, 2.24) is 20.1 Å². The van der Waals surface area contributed by atoms with Crippen molar-refractivity contribution >= 4 is 5.91 Å². The summed E-state index contributed by atoms with van der Waals surface area (Å²) in [6.45, 7) is 1.20. The number of rotatable bonds is 4. The average molecular weight is 368 g/mol. The maximum absolute atomic E-state index is 12.3. The Morgan fingerprint density at radius 3 is 2.56 bits per heavy atom. The van der Waals surface area contributed by atoms with Crippen molar-refractivity contribution in [2.45, 2.75) is 44.2 Å². The van der Waals surface area contributed by atoms with Gasteiger partial charge in [0.25, 0.3) is 5.56 Å². The van der Waals surface area contributed by atoms with Crippen LogP contribution in [0.2, 0.25) is 0 Å². The fourth-order valence-electron chi connectivity index (χ4n) is 3.89. The summed E-state index contributed by atoms with van der Waals surface area (Å²) in [5.74, 6) is 0.0926. The topological polar surface area (TPSA) is 86.1 Å². The molecule has 1 aliphatic heterocycles. The molecule has 1 aliphatic carbocycles. The number of nitrogens with zero attached hydrogens (tertiary/aromatic N) is 3. The predicted octanol–water partition coefficient (Wildman–Crippen LogP) is 1.94. The summed E-state index contributed by atoms with van der Waals surface area (Å²) < 4.78 is 6.90. The molecule has 7 nitrogen and oxygen atoms in total. The molecule has 0 spiro atoms. The number of ether oxygens (including phenoxy) is 1. The van der Waals surface area contributed by atoms with Crippen LogP contribution in [-0.2, 0) is 9.53 Å². The second-order valence-corrected chi connectivity index (χ2v) is 7.31. The van der Waals surface area contributed by atoms with E-state index >= 15 is 0 Å². The molecule has 1 saturated heterocycles. The van der Waals surface area contributed by atoms with Gasteiger partial charge >= 0.3 is 0 Å². The number of nitrogens with one attached hydrogen (secondary N) is 1. The van der Waals surface area contributed by atoms with E-state index in [9.17, 15) is 9.59 Å². The monoisotopic (exact) mass is 368 g/mol. The number of amides is 1. The van der Waals surface area contributed by atoms with E-state index in [4.69, 9.17) is 4.74 Å². The normalized spacial score (nSPS) is 25.3. The molecular weight excluding hydrogens is 344 g/mol. The van der Waals surface area contributed by atoms with Crippen LogP contribution in [0.5, 0.6) is 0 Å². The maximum atomic E-state index is 12.3. The van der Waals surface area contributed by atoms with Crippen molar-refractivity contribution in [1.29, 1.82) is 0 Å². The molecule has 4 rings (SSSR count). The highest BCUT2D eigenvalue weighted by Gasteiger charge is 2.29. The smallest absolute Gasteiger partial charge is 0.267 e. The van der Waals surface area contributed by atoms with Gasteiger partial charge in [0.1, 0.15) is 0 Å². The lowest BCUT2D eigenvalue weighted by atomic mass is 9.90. The van der Waals surface area contributed by atoms with Crippen LogP contribution in [0.4, 0.5) is 0 Å². The van der Waals surface area contributed by atoms with Crippen molar-refractivity contribution in [3.8, 4) is 11.3 Å². The molecule has 27 heavy (non-hydrogen) atoms. The summed E-state index contributed by atoms with van der Waals surface area (Å²) in [6, 6.07) is 7.35. The van der Waals surface area contributed by atoms with Crippen molar-refractivity contribution in [3.05, 3.63) is 47.0 Å². The molecule has 0 radical (unpaired) electrons. The summed E-state index contributed by atoms with van der Waals surface area (Å²) >= 11 is 0. The van der Waals surface area contributed by atoms with Crippen LogP contribution < -0.4 is 10.9 Å². The van der Waals surface area contributed by atoms with Crippen molar-refractivity contribution in [2.75, 3.05) is 13.2 Å². The van der Waals surface area contributed by atoms with Gasteiger partial charge in [0, 0.05) is 36.7 Å². The highest BCUT2D eigenvalue weighted by atomic mass is 16.5. The second-order valence-electron chi connectivity index (χ2n) is 7.31. The first-order chi connectivity index (χ1) is 13.2. The molecule has 1 amide bonds. The first kappa shape index (κ1) is 17.9. The zero-order valence-electron chi connectivity index (χ0n) is 15.2. The van der Waals surface area contributed by atoms with Crippen LogP contribution in [0.1, 0.15) is 38.1 Å². The second kappa shape index (κ2) is 8.00. The third-order valence-electron chi connectivity index (χ3n) is 5.49. The molecule has 2 aliphatic rings. The highest BCUT2D eigenvalue weighted by molar-refractivity contribution is 5.79. The van der Waals surface area contributed by atoms with Gasteiger partial charge in [-0.2, -0.15) is 5.10 Å². The Morgan fingerprint density at radius 2 is 1.85 bits per heavy atom. The van der Waals surface area contributed by atoms with E-state index in [-0.39, 0.29) is 29.5 Å². The molecule has 0 aromatic carbocycles. The van der Waals surface area contributed by atoms with Gasteiger partial charge in [0.05, 0.1) is 24.3 Å². The van der Waals surface area contributed by atoms with E-state index in [0.717, 1.165) is 43.4 Å². The summed E-state index contributed by atoms with van der Waals surface area (Å²) in [6.07, 6.45) is 7.63. The molecule has 1 N–H and O–H groups in total. The SMILES string of the molecule is O=C(NC1CCC(n2nc(-c3ccncc3)ccc2=O)CC1)C1CCOC1. The van der Waals surface area contributed by atoms with Gasteiger partial charge in [-0.3, -0.25) is 14.6 Å². The Labute approximate surface area is 157 Å². The Morgan fingerprint density at radius 1 is 1.07 bits per heavy atom. The number of hydrogen-bond donors (Lipinski definition) is 1. The third-order valence-corrected chi connectivity index (χ3v) is 5.49. The fraction of sp³-hybridized carbons (Fsp3) is 0.500. The quantitative estimate of drug-likeness (QED) is 0.891. The molecule has 1 unspecified atom stereocenters. The van der Waals surface area contributed by atoms with Gasteiger partial charge in [-0.25, -0.2) is 4.68 Å². The summed E-state index contributed by atoms with van der Waals surface area (Å²) in [5, 5.41) is 7.74. The van der Waals surface area contributed by atoms with Crippen molar-refractivity contribution < 1.29 is 9.53 Å². The van der Waals surface area contributed by atoms with Gasteiger partial charge in [0.15, 0.2) is 0 Å². The van der Waals surface area contributed by atoms with Gasteiger partial charge < -0.3 is 10.1 Å². The largest absolute Gasteiger partial charge is 0.381 e. The highest BCUT2D eigenvalue weighted by Crippen LogP contribution is 2.28. The molecule has 0 bridgehead atoms. The number of aromatic nitrogens is 3. The Balaban J connectivity index is 1.40. The predicted molar refractivity (Wildman–Crippen MR) is 100 cm³/mol. The van der Waals surface area contributed by atoms with Crippen LogP contribution >= 0.6 is 0 Å². The van der Waals surface area contributed by atoms with Gasteiger partial charge in [-0.05, 0) is 50.3 Å². The van der Waals surface area contributed by atoms with E-state index in [2.05, 4.69) is 15.4 Å². The molecule has 142 valence electrons. The number of carbonyl (C=O) groups excluding carboxylic acids is 1. The Bertz CT molecular complexity index is 838. The summed E-state index contributed by atoms with van der Waals surface area (Å²) in [4.78, 5) is 28.6. The molecule has 1 saturated carbocycles. The van der Waals surface area contributed by atoms with E-state index in [0.29, 0.717) is 13.2 Å². The lowest BCUT2D eigenvalue weighted by molar-refractivity contribution is -0.125. The first-order valence-electron chi connectivity index (χ1n) is 9.59. The Kier molecular flexibility index (Phi) is 5.29. The van der Waals surface area contributed by atoms with Gasteiger partial charge in [0.2, 0.25) is 5.91 Å². The number of hydrogen-bond acceptors (Lipinski definition) is 5. The minimum atomic E-state index is -0.0802. The van der Waals surface area contributed by atoms with E-state index in [1.807, 2.05) is 12.1 Å². The molecule has 2 aromatic heterocycles. The fourth-order valence-corrected chi connectivity index (χ4v) is 3.89. The van der Waals surface area contributed by atoms with Crippen LogP contribution in [-0.4, -0.2) is 39.9 Å².